The van der Waals surface area contributed by atoms with Crippen molar-refractivity contribution in [3.05, 3.63) is 0 Å². The Morgan fingerprint density at radius 2 is 1.82 bits per heavy atom. The van der Waals surface area contributed by atoms with E-state index in [0.717, 1.165) is 19.7 Å². The van der Waals surface area contributed by atoms with Gasteiger partial charge < -0.3 is 9.64 Å². The van der Waals surface area contributed by atoms with Crippen molar-refractivity contribution in [2.75, 3.05) is 39.8 Å². The first kappa shape index (κ1) is 14.9. The molecule has 3 nitrogen and oxygen atoms in total. The van der Waals surface area contributed by atoms with Crippen LogP contribution in [0.5, 0.6) is 0 Å². The zero-order valence-electron chi connectivity index (χ0n) is 12.1. The van der Waals surface area contributed by atoms with Crippen LogP contribution in [0.25, 0.3) is 0 Å². The van der Waals surface area contributed by atoms with Crippen LogP contribution in [0.4, 0.5) is 0 Å². The molecule has 1 rings (SSSR count). The van der Waals surface area contributed by atoms with Crippen molar-refractivity contribution in [3.63, 3.8) is 0 Å². The largest absolute Gasteiger partial charge is 0.376 e. The first-order chi connectivity index (χ1) is 8.13. The molecule has 1 aliphatic heterocycles. The summed E-state index contributed by atoms with van der Waals surface area (Å²) in [6.07, 6.45) is 4.46. The molecule has 0 aromatic carbocycles. The molecule has 1 aliphatic rings. The molecule has 0 radical (unpaired) electrons. The fraction of sp³-hybridized carbons (Fsp3) is 1.00. The molecule has 0 amide bonds. The number of ether oxygens (including phenoxy) is 1. The Morgan fingerprint density at radius 1 is 1.18 bits per heavy atom. The molecule has 0 aromatic heterocycles. The predicted octanol–water partition coefficient (Wildman–Crippen LogP) is 2.22. The average Bonchev–Trinajstić information content (AvgIpc) is 2.36. The van der Waals surface area contributed by atoms with Gasteiger partial charge in [-0.3, -0.25) is 4.90 Å². The van der Waals surface area contributed by atoms with Crippen LogP contribution in [0.2, 0.25) is 0 Å². The van der Waals surface area contributed by atoms with Crippen LogP contribution in [0.1, 0.15) is 40.0 Å². The number of piperidine rings is 1. The van der Waals surface area contributed by atoms with Crippen LogP contribution >= 0.6 is 0 Å². The zero-order chi connectivity index (χ0) is 12.7. The SMILES string of the molecule is CCN(C)CC(C)OCC(C)N1CCCCC1. The Morgan fingerprint density at radius 3 is 2.41 bits per heavy atom. The number of rotatable bonds is 7. The predicted molar refractivity (Wildman–Crippen MR) is 73.5 cm³/mol. The van der Waals surface area contributed by atoms with Gasteiger partial charge in [0.05, 0.1) is 12.7 Å². The summed E-state index contributed by atoms with van der Waals surface area (Å²) in [6.45, 7) is 12.2. The van der Waals surface area contributed by atoms with Crippen LogP contribution in [0.15, 0.2) is 0 Å². The van der Waals surface area contributed by atoms with Gasteiger partial charge in [0.2, 0.25) is 0 Å². The number of likely N-dealkylation sites (tertiary alicyclic amines) is 1. The molecular weight excluding hydrogens is 212 g/mol. The van der Waals surface area contributed by atoms with Gasteiger partial charge in [-0.05, 0) is 53.4 Å². The van der Waals surface area contributed by atoms with E-state index < -0.39 is 0 Å². The summed E-state index contributed by atoms with van der Waals surface area (Å²) in [4.78, 5) is 4.87. The molecule has 0 bridgehead atoms. The highest BCUT2D eigenvalue weighted by Gasteiger charge is 2.17. The Labute approximate surface area is 107 Å². The zero-order valence-corrected chi connectivity index (χ0v) is 12.1. The standard InChI is InChI=1S/C14H30N2O/c1-5-15(4)11-14(3)17-12-13(2)16-9-7-6-8-10-16/h13-14H,5-12H2,1-4H3. The second-order valence-corrected chi connectivity index (χ2v) is 5.44. The molecule has 0 saturated carbocycles. The van der Waals surface area contributed by atoms with Gasteiger partial charge in [0.1, 0.15) is 0 Å². The molecule has 1 fully saturated rings. The van der Waals surface area contributed by atoms with Gasteiger partial charge in [-0.25, -0.2) is 0 Å². The summed E-state index contributed by atoms with van der Waals surface area (Å²) in [5.41, 5.74) is 0. The lowest BCUT2D eigenvalue weighted by Gasteiger charge is -2.33. The Balaban J connectivity index is 2.15. The Hall–Kier alpha value is -0.120. The molecule has 3 heteroatoms. The van der Waals surface area contributed by atoms with Crippen LogP contribution in [0, 0.1) is 0 Å². The number of likely N-dealkylation sites (N-methyl/N-ethyl adjacent to an activating group) is 1. The van der Waals surface area contributed by atoms with Crippen molar-refractivity contribution >= 4 is 0 Å². The topological polar surface area (TPSA) is 15.7 Å². The third-order valence-corrected chi connectivity index (χ3v) is 3.74. The number of hydrogen-bond acceptors (Lipinski definition) is 3. The van der Waals surface area contributed by atoms with Gasteiger partial charge in [0, 0.05) is 12.6 Å². The molecule has 0 aliphatic carbocycles. The second-order valence-electron chi connectivity index (χ2n) is 5.44. The number of hydrogen-bond donors (Lipinski definition) is 0. The number of nitrogens with zero attached hydrogens (tertiary/aromatic N) is 2. The third-order valence-electron chi connectivity index (χ3n) is 3.74. The maximum Gasteiger partial charge on any atom is 0.0674 e. The Bertz CT molecular complexity index is 193. The fourth-order valence-electron chi connectivity index (χ4n) is 2.39. The molecule has 102 valence electrons. The van der Waals surface area contributed by atoms with Gasteiger partial charge in [-0.2, -0.15) is 0 Å². The third kappa shape index (κ3) is 5.84. The highest BCUT2D eigenvalue weighted by Crippen LogP contribution is 2.12. The summed E-state index contributed by atoms with van der Waals surface area (Å²) in [5, 5.41) is 0. The lowest BCUT2D eigenvalue weighted by molar-refractivity contribution is 0.00443. The average molecular weight is 242 g/mol. The highest BCUT2D eigenvalue weighted by atomic mass is 16.5. The molecule has 1 heterocycles. The van der Waals surface area contributed by atoms with Crippen molar-refractivity contribution in [2.24, 2.45) is 0 Å². The van der Waals surface area contributed by atoms with E-state index in [-0.39, 0.29) is 0 Å². The first-order valence-corrected chi connectivity index (χ1v) is 7.17. The van der Waals surface area contributed by atoms with Crippen molar-refractivity contribution in [3.8, 4) is 0 Å². The monoisotopic (exact) mass is 242 g/mol. The highest BCUT2D eigenvalue weighted by molar-refractivity contribution is 4.71. The van der Waals surface area contributed by atoms with Crippen LogP contribution in [-0.4, -0.2) is 61.8 Å². The normalized spacial score (nSPS) is 21.7. The van der Waals surface area contributed by atoms with E-state index in [4.69, 9.17) is 4.74 Å². The smallest absolute Gasteiger partial charge is 0.0674 e. The van der Waals surface area contributed by atoms with E-state index in [0.29, 0.717) is 12.1 Å². The maximum atomic E-state index is 5.95. The second kappa shape index (κ2) is 8.06. The van der Waals surface area contributed by atoms with E-state index in [2.05, 4.69) is 37.6 Å². The molecule has 2 atom stereocenters. The van der Waals surface area contributed by atoms with Gasteiger partial charge in [-0.15, -0.1) is 0 Å². The van der Waals surface area contributed by atoms with E-state index in [1.54, 1.807) is 0 Å². The van der Waals surface area contributed by atoms with E-state index in [1.807, 2.05) is 0 Å². The molecule has 17 heavy (non-hydrogen) atoms. The molecule has 0 aromatic rings. The minimum atomic E-state index is 0.340. The van der Waals surface area contributed by atoms with Crippen LogP contribution in [0.3, 0.4) is 0 Å². The van der Waals surface area contributed by atoms with Gasteiger partial charge >= 0.3 is 0 Å². The lowest BCUT2D eigenvalue weighted by Crippen LogP contribution is -2.41. The molecule has 1 saturated heterocycles. The lowest BCUT2D eigenvalue weighted by atomic mass is 10.1. The van der Waals surface area contributed by atoms with E-state index >= 15 is 0 Å². The van der Waals surface area contributed by atoms with Crippen molar-refractivity contribution in [1.29, 1.82) is 0 Å². The maximum absolute atomic E-state index is 5.95. The van der Waals surface area contributed by atoms with Crippen molar-refractivity contribution in [1.82, 2.24) is 9.80 Å². The molecule has 2 unspecified atom stereocenters. The summed E-state index contributed by atoms with van der Waals surface area (Å²) < 4.78 is 5.95. The quantitative estimate of drug-likeness (QED) is 0.681. The van der Waals surface area contributed by atoms with Crippen LogP contribution in [-0.2, 0) is 4.74 Å². The van der Waals surface area contributed by atoms with Gasteiger partial charge in [0.15, 0.2) is 0 Å². The molecular formula is C14H30N2O. The minimum Gasteiger partial charge on any atom is -0.376 e. The summed E-state index contributed by atoms with van der Waals surface area (Å²) in [6, 6.07) is 0.574. The minimum absolute atomic E-state index is 0.340. The van der Waals surface area contributed by atoms with Crippen molar-refractivity contribution < 1.29 is 4.74 Å². The van der Waals surface area contributed by atoms with E-state index in [1.165, 1.54) is 32.4 Å². The molecule has 0 spiro atoms. The molecule has 0 N–H and O–H groups in total. The summed E-state index contributed by atoms with van der Waals surface area (Å²) in [5.74, 6) is 0. The summed E-state index contributed by atoms with van der Waals surface area (Å²) >= 11 is 0. The van der Waals surface area contributed by atoms with Gasteiger partial charge in [0.25, 0.3) is 0 Å². The fourth-order valence-corrected chi connectivity index (χ4v) is 2.39. The summed E-state index contributed by atoms with van der Waals surface area (Å²) in [7, 11) is 2.15. The Kier molecular flexibility index (Phi) is 7.09. The van der Waals surface area contributed by atoms with Gasteiger partial charge in [-0.1, -0.05) is 13.3 Å². The van der Waals surface area contributed by atoms with E-state index in [9.17, 15) is 0 Å². The first-order valence-electron chi connectivity index (χ1n) is 7.17. The van der Waals surface area contributed by atoms with Crippen LogP contribution < -0.4 is 0 Å². The van der Waals surface area contributed by atoms with Crippen molar-refractivity contribution in [2.45, 2.75) is 52.2 Å².